The number of carbonyl (C=O) groups excluding carboxylic acids is 4. The summed E-state index contributed by atoms with van der Waals surface area (Å²) >= 11 is 0. The fourth-order valence-corrected chi connectivity index (χ4v) is 2.21. The van der Waals surface area contributed by atoms with Gasteiger partial charge >= 0.3 is 36.0 Å². The van der Waals surface area contributed by atoms with Gasteiger partial charge in [-0.1, -0.05) is 18.2 Å². The molecule has 0 aromatic heterocycles. The quantitative estimate of drug-likeness (QED) is 0.598. The second-order valence-corrected chi connectivity index (χ2v) is 4.75. The highest BCUT2D eigenvalue weighted by Gasteiger charge is 2.58. The van der Waals surface area contributed by atoms with Crippen LogP contribution >= 0.6 is 0 Å². The van der Waals surface area contributed by atoms with Crippen LogP contribution < -0.4 is 0 Å². The lowest BCUT2D eigenvalue weighted by atomic mass is 10.0. The van der Waals surface area contributed by atoms with Crippen molar-refractivity contribution in [2.24, 2.45) is 0 Å². The molecule has 0 radical (unpaired) electrons. The van der Waals surface area contributed by atoms with Crippen LogP contribution in [0.4, 0.5) is 0 Å². The summed E-state index contributed by atoms with van der Waals surface area (Å²) in [5.74, 6) is -5.44. The number of hydrogen-bond donors (Lipinski definition) is 0. The molecule has 0 amide bonds. The van der Waals surface area contributed by atoms with E-state index in [0.29, 0.717) is 0 Å². The van der Waals surface area contributed by atoms with Gasteiger partial charge in [0.25, 0.3) is 0 Å². The Morgan fingerprint density at radius 3 is 2.09 bits per heavy atom. The molecule has 0 spiro atoms. The minimum Gasteiger partial charge on any atom is -0.417 e. The Kier molecular flexibility index (Phi) is 4.35. The molecule has 1 aliphatic heterocycles. The van der Waals surface area contributed by atoms with Crippen molar-refractivity contribution < 1.29 is 38.1 Å². The van der Waals surface area contributed by atoms with Crippen molar-refractivity contribution in [1.82, 2.24) is 0 Å². The SMILES string of the molecule is CC(=O)OC(OC(C)=O)C1(OC(C)=O)OC(=O)c2ccccc21. The van der Waals surface area contributed by atoms with E-state index in [1.165, 1.54) is 12.1 Å². The summed E-state index contributed by atoms with van der Waals surface area (Å²) in [7, 11) is 0. The van der Waals surface area contributed by atoms with Crippen LogP contribution in [0.1, 0.15) is 36.7 Å². The zero-order valence-corrected chi connectivity index (χ0v) is 12.7. The van der Waals surface area contributed by atoms with Crippen LogP contribution in [-0.2, 0) is 39.1 Å². The Morgan fingerprint density at radius 2 is 1.57 bits per heavy atom. The van der Waals surface area contributed by atoms with E-state index in [9.17, 15) is 19.2 Å². The van der Waals surface area contributed by atoms with E-state index >= 15 is 0 Å². The normalized spacial score (nSPS) is 18.9. The highest BCUT2D eigenvalue weighted by molar-refractivity contribution is 5.95. The van der Waals surface area contributed by atoms with Crippen LogP contribution in [0.3, 0.4) is 0 Å². The van der Waals surface area contributed by atoms with Crippen molar-refractivity contribution in [2.75, 3.05) is 0 Å². The fourth-order valence-electron chi connectivity index (χ4n) is 2.21. The van der Waals surface area contributed by atoms with E-state index in [2.05, 4.69) is 0 Å². The molecule has 0 N–H and O–H groups in total. The number of hydrogen-bond acceptors (Lipinski definition) is 8. The summed E-state index contributed by atoms with van der Waals surface area (Å²) < 4.78 is 20.1. The molecule has 8 heteroatoms. The lowest BCUT2D eigenvalue weighted by molar-refractivity contribution is -0.306. The smallest absolute Gasteiger partial charge is 0.359 e. The van der Waals surface area contributed by atoms with Gasteiger partial charge in [-0.15, -0.1) is 0 Å². The van der Waals surface area contributed by atoms with Gasteiger partial charge in [-0.25, -0.2) is 4.79 Å². The molecule has 1 aromatic carbocycles. The average Bonchev–Trinajstić information content (AvgIpc) is 2.71. The molecular weight excluding hydrogens is 308 g/mol. The monoisotopic (exact) mass is 322 g/mol. The van der Waals surface area contributed by atoms with E-state index < -0.39 is 36.0 Å². The van der Waals surface area contributed by atoms with E-state index in [4.69, 9.17) is 18.9 Å². The Morgan fingerprint density at radius 1 is 1.00 bits per heavy atom. The highest BCUT2D eigenvalue weighted by atomic mass is 16.8. The second-order valence-electron chi connectivity index (χ2n) is 4.75. The van der Waals surface area contributed by atoms with E-state index in [1.807, 2.05) is 0 Å². The topological polar surface area (TPSA) is 105 Å². The van der Waals surface area contributed by atoms with Gasteiger partial charge in [0.1, 0.15) is 0 Å². The maximum Gasteiger partial charge on any atom is 0.359 e. The molecule has 8 nitrogen and oxygen atoms in total. The van der Waals surface area contributed by atoms with E-state index in [1.54, 1.807) is 12.1 Å². The van der Waals surface area contributed by atoms with Gasteiger partial charge in [-0.3, -0.25) is 14.4 Å². The Labute approximate surface area is 131 Å². The molecule has 1 heterocycles. The first-order valence-corrected chi connectivity index (χ1v) is 6.63. The van der Waals surface area contributed by atoms with Crippen LogP contribution in [0.25, 0.3) is 0 Å². The van der Waals surface area contributed by atoms with E-state index in [0.717, 1.165) is 20.8 Å². The highest BCUT2D eigenvalue weighted by Crippen LogP contribution is 2.42. The number of benzene rings is 1. The van der Waals surface area contributed by atoms with Gasteiger partial charge in [-0.05, 0) is 6.07 Å². The molecule has 0 saturated heterocycles. The van der Waals surface area contributed by atoms with Crippen molar-refractivity contribution >= 4 is 23.9 Å². The molecule has 122 valence electrons. The van der Waals surface area contributed by atoms with Crippen LogP contribution in [0.2, 0.25) is 0 Å². The zero-order chi connectivity index (χ0) is 17.2. The first-order chi connectivity index (χ1) is 10.8. The van der Waals surface area contributed by atoms with Gasteiger partial charge < -0.3 is 18.9 Å². The lowest BCUT2D eigenvalue weighted by Crippen LogP contribution is -2.48. The predicted octanol–water partition coefficient (Wildman–Crippen LogP) is 1.03. The van der Waals surface area contributed by atoms with Crippen molar-refractivity contribution in [3.8, 4) is 0 Å². The van der Waals surface area contributed by atoms with Crippen LogP contribution in [0.15, 0.2) is 24.3 Å². The first-order valence-electron chi connectivity index (χ1n) is 6.63. The van der Waals surface area contributed by atoms with Crippen LogP contribution in [-0.4, -0.2) is 30.2 Å². The largest absolute Gasteiger partial charge is 0.417 e. The van der Waals surface area contributed by atoms with Crippen molar-refractivity contribution in [2.45, 2.75) is 32.8 Å². The number of fused-ring (bicyclic) bond motifs is 1. The molecule has 0 bridgehead atoms. The summed E-state index contributed by atoms with van der Waals surface area (Å²) in [5, 5.41) is 0. The minimum atomic E-state index is -2.18. The average molecular weight is 322 g/mol. The molecular formula is C15H14O8. The van der Waals surface area contributed by atoms with Gasteiger partial charge in [-0.2, -0.15) is 0 Å². The molecule has 23 heavy (non-hydrogen) atoms. The maximum atomic E-state index is 12.0. The Balaban J connectivity index is 2.59. The summed E-state index contributed by atoms with van der Waals surface area (Å²) in [6, 6.07) is 6.04. The number of esters is 4. The van der Waals surface area contributed by atoms with Crippen molar-refractivity contribution in [3.63, 3.8) is 0 Å². The number of rotatable bonds is 4. The molecule has 1 aliphatic rings. The van der Waals surface area contributed by atoms with E-state index in [-0.39, 0.29) is 11.1 Å². The summed E-state index contributed by atoms with van der Waals surface area (Å²) in [4.78, 5) is 46.2. The lowest BCUT2D eigenvalue weighted by Gasteiger charge is -2.33. The zero-order valence-electron chi connectivity index (χ0n) is 12.7. The number of cyclic esters (lactones) is 1. The van der Waals surface area contributed by atoms with Gasteiger partial charge in [0.2, 0.25) is 0 Å². The third-order valence-electron chi connectivity index (χ3n) is 2.92. The maximum absolute atomic E-state index is 12.0. The van der Waals surface area contributed by atoms with Gasteiger partial charge in [0.05, 0.1) is 11.1 Å². The first kappa shape index (κ1) is 16.5. The molecule has 0 aliphatic carbocycles. The fraction of sp³-hybridized carbons (Fsp3) is 0.333. The molecule has 1 unspecified atom stereocenters. The number of ether oxygens (including phenoxy) is 4. The Hall–Kier alpha value is -2.90. The predicted molar refractivity (Wildman–Crippen MR) is 72.6 cm³/mol. The molecule has 1 atom stereocenters. The second kappa shape index (κ2) is 6.07. The van der Waals surface area contributed by atoms with Crippen LogP contribution in [0, 0.1) is 0 Å². The standard InChI is InChI=1S/C15H14O8/c1-8(16)20-14(21-9(2)17)15(22-10(3)18)12-7-5-4-6-11(12)13(19)23-15/h4-7,14H,1-3H3. The van der Waals surface area contributed by atoms with Gasteiger partial charge in [0.15, 0.2) is 0 Å². The molecule has 2 rings (SSSR count). The van der Waals surface area contributed by atoms with Crippen molar-refractivity contribution in [3.05, 3.63) is 35.4 Å². The third-order valence-corrected chi connectivity index (χ3v) is 2.92. The number of carbonyl (C=O) groups is 4. The molecule has 0 fully saturated rings. The summed E-state index contributed by atoms with van der Waals surface area (Å²) in [5.41, 5.74) is 0.228. The summed E-state index contributed by atoms with van der Waals surface area (Å²) in [6.07, 6.45) is -1.77. The molecule has 1 aromatic rings. The summed E-state index contributed by atoms with van der Waals surface area (Å²) in [6.45, 7) is 3.22. The third kappa shape index (κ3) is 3.15. The Bertz CT molecular complexity index is 660. The van der Waals surface area contributed by atoms with Crippen LogP contribution in [0.5, 0.6) is 0 Å². The van der Waals surface area contributed by atoms with Crippen molar-refractivity contribution in [1.29, 1.82) is 0 Å². The molecule has 0 saturated carbocycles. The minimum absolute atomic E-state index is 0.109. The van der Waals surface area contributed by atoms with Gasteiger partial charge in [0, 0.05) is 20.8 Å².